The molecule has 2 N–H and O–H groups in total. The van der Waals surface area contributed by atoms with Crippen LogP contribution in [0.4, 0.5) is 0 Å². The number of amides is 1. The van der Waals surface area contributed by atoms with Crippen LogP contribution in [0, 0.1) is 0 Å². The second kappa shape index (κ2) is 3.03. The maximum absolute atomic E-state index is 10.4. The fraction of sp³-hybridized carbons (Fsp3) is 0.800. The lowest BCUT2D eigenvalue weighted by molar-refractivity contribution is -0.132. The Kier molecular flexibility index (Phi) is 2.94. The summed E-state index contributed by atoms with van der Waals surface area (Å²) < 4.78 is 0. The van der Waals surface area contributed by atoms with E-state index < -0.39 is 0 Å². The molecular weight excluding hydrogens is 140 g/mol. The van der Waals surface area contributed by atoms with Crippen LogP contribution in [0.3, 0.4) is 0 Å². The molecule has 0 saturated carbocycles. The SMILES string of the molecule is CC(=O)N1CC(N)C1.Cl. The maximum atomic E-state index is 10.4. The summed E-state index contributed by atoms with van der Waals surface area (Å²) in [4.78, 5) is 12.2. The Morgan fingerprint density at radius 2 is 2.11 bits per heavy atom. The van der Waals surface area contributed by atoms with Gasteiger partial charge in [-0.1, -0.05) is 0 Å². The molecule has 1 amide bonds. The lowest BCUT2D eigenvalue weighted by Gasteiger charge is -2.35. The molecule has 1 saturated heterocycles. The van der Waals surface area contributed by atoms with Gasteiger partial charge >= 0.3 is 0 Å². The van der Waals surface area contributed by atoms with Crippen molar-refractivity contribution in [2.45, 2.75) is 13.0 Å². The quantitative estimate of drug-likeness (QED) is 0.511. The summed E-state index contributed by atoms with van der Waals surface area (Å²) in [5.74, 6) is 0.131. The van der Waals surface area contributed by atoms with E-state index in [1.807, 2.05) is 0 Å². The molecule has 1 aliphatic heterocycles. The van der Waals surface area contributed by atoms with Gasteiger partial charge in [0.1, 0.15) is 0 Å². The van der Waals surface area contributed by atoms with E-state index in [0.717, 1.165) is 13.1 Å². The predicted molar refractivity (Wildman–Crippen MR) is 37.5 cm³/mol. The summed E-state index contributed by atoms with van der Waals surface area (Å²) in [5.41, 5.74) is 5.41. The third kappa shape index (κ3) is 1.84. The highest BCUT2D eigenvalue weighted by molar-refractivity contribution is 5.85. The maximum Gasteiger partial charge on any atom is 0.219 e. The van der Waals surface area contributed by atoms with E-state index in [1.54, 1.807) is 11.8 Å². The van der Waals surface area contributed by atoms with Crippen LogP contribution >= 0.6 is 12.4 Å². The van der Waals surface area contributed by atoms with Crippen LogP contribution in [0.5, 0.6) is 0 Å². The minimum atomic E-state index is 0. The van der Waals surface area contributed by atoms with Gasteiger partial charge in [0.15, 0.2) is 0 Å². The van der Waals surface area contributed by atoms with Crippen LogP contribution in [0.15, 0.2) is 0 Å². The molecule has 1 fully saturated rings. The molecule has 0 aromatic carbocycles. The largest absolute Gasteiger partial charge is 0.340 e. The smallest absolute Gasteiger partial charge is 0.219 e. The standard InChI is InChI=1S/C5H10N2O.ClH/c1-4(8)7-2-5(6)3-7;/h5H,2-3,6H2,1H3;1H. The highest BCUT2D eigenvalue weighted by atomic mass is 35.5. The lowest BCUT2D eigenvalue weighted by Crippen LogP contribution is -2.57. The van der Waals surface area contributed by atoms with Gasteiger partial charge in [0.05, 0.1) is 0 Å². The molecule has 9 heavy (non-hydrogen) atoms. The van der Waals surface area contributed by atoms with Gasteiger partial charge in [-0.15, -0.1) is 12.4 Å². The Hall–Kier alpha value is -0.280. The van der Waals surface area contributed by atoms with Crippen molar-refractivity contribution in [3.63, 3.8) is 0 Å². The van der Waals surface area contributed by atoms with Gasteiger partial charge in [0.25, 0.3) is 0 Å². The molecule has 0 unspecified atom stereocenters. The zero-order chi connectivity index (χ0) is 6.15. The number of hydrogen-bond acceptors (Lipinski definition) is 2. The number of carbonyl (C=O) groups is 1. The molecule has 4 heteroatoms. The minimum absolute atomic E-state index is 0. The molecule has 0 aromatic heterocycles. The van der Waals surface area contributed by atoms with E-state index in [9.17, 15) is 4.79 Å². The van der Waals surface area contributed by atoms with E-state index in [1.165, 1.54) is 0 Å². The van der Waals surface area contributed by atoms with Gasteiger partial charge < -0.3 is 10.6 Å². The highest BCUT2D eigenvalue weighted by Gasteiger charge is 2.24. The number of carbonyl (C=O) groups excluding carboxylic acids is 1. The Morgan fingerprint density at radius 1 is 1.67 bits per heavy atom. The first-order chi connectivity index (χ1) is 3.70. The highest BCUT2D eigenvalue weighted by Crippen LogP contribution is 2.03. The van der Waals surface area contributed by atoms with Crippen molar-refractivity contribution in [3.8, 4) is 0 Å². The van der Waals surface area contributed by atoms with Crippen LogP contribution in [0.25, 0.3) is 0 Å². The molecule has 3 nitrogen and oxygen atoms in total. The summed E-state index contributed by atoms with van der Waals surface area (Å²) in [6.07, 6.45) is 0. The fourth-order valence-corrected chi connectivity index (χ4v) is 0.770. The van der Waals surface area contributed by atoms with Crippen molar-refractivity contribution in [1.29, 1.82) is 0 Å². The molecule has 0 aromatic rings. The van der Waals surface area contributed by atoms with E-state index >= 15 is 0 Å². The predicted octanol–water partition coefficient (Wildman–Crippen LogP) is -0.402. The van der Waals surface area contributed by atoms with E-state index in [0.29, 0.717) is 0 Å². The molecule has 1 heterocycles. The molecular formula is C5H11ClN2O. The second-order valence-electron chi connectivity index (χ2n) is 2.18. The number of rotatable bonds is 0. The van der Waals surface area contributed by atoms with Crippen molar-refractivity contribution in [2.75, 3.05) is 13.1 Å². The number of hydrogen-bond donors (Lipinski definition) is 1. The molecule has 54 valence electrons. The molecule has 0 aliphatic carbocycles. The fourth-order valence-electron chi connectivity index (χ4n) is 0.770. The zero-order valence-corrected chi connectivity index (χ0v) is 6.15. The van der Waals surface area contributed by atoms with Crippen molar-refractivity contribution >= 4 is 18.3 Å². The first-order valence-electron chi connectivity index (χ1n) is 2.71. The molecule has 1 aliphatic rings. The van der Waals surface area contributed by atoms with Crippen LogP contribution in [0.1, 0.15) is 6.92 Å². The zero-order valence-electron chi connectivity index (χ0n) is 5.33. The Balaban J connectivity index is 0.000000640. The number of nitrogens with two attached hydrogens (primary N) is 1. The Bertz CT molecular complexity index is 112. The lowest BCUT2D eigenvalue weighted by atomic mass is 10.1. The van der Waals surface area contributed by atoms with Gasteiger partial charge in [0.2, 0.25) is 5.91 Å². The summed E-state index contributed by atoms with van der Waals surface area (Å²) in [6.45, 7) is 3.05. The molecule has 0 bridgehead atoms. The van der Waals surface area contributed by atoms with E-state index in [-0.39, 0.29) is 24.4 Å². The molecule has 0 radical (unpaired) electrons. The summed E-state index contributed by atoms with van der Waals surface area (Å²) >= 11 is 0. The molecule has 1 rings (SSSR count). The normalized spacial score (nSPS) is 18.2. The van der Waals surface area contributed by atoms with E-state index in [4.69, 9.17) is 5.73 Å². The van der Waals surface area contributed by atoms with Crippen molar-refractivity contribution in [1.82, 2.24) is 4.90 Å². The number of nitrogens with zero attached hydrogens (tertiary/aromatic N) is 1. The van der Waals surface area contributed by atoms with Crippen LogP contribution in [0.2, 0.25) is 0 Å². The average Bonchev–Trinajstić information content (AvgIpc) is 1.57. The number of halogens is 1. The Labute approximate surface area is 60.6 Å². The second-order valence-corrected chi connectivity index (χ2v) is 2.18. The van der Waals surface area contributed by atoms with Crippen LogP contribution in [-0.2, 0) is 4.79 Å². The summed E-state index contributed by atoms with van der Waals surface area (Å²) in [6, 6.07) is 0.235. The molecule has 0 spiro atoms. The monoisotopic (exact) mass is 150 g/mol. The van der Waals surface area contributed by atoms with E-state index in [2.05, 4.69) is 0 Å². The number of likely N-dealkylation sites (tertiary alicyclic amines) is 1. The van der Waals surface area contributed by atoms with Gasteiger partial charge in [0, 0.05) is 26.1 Å². The Morgan fingerprint density at radius 3 is 2.22 bits per heavy atom. The van der Waals surface area contributed by atoms with Gasteiger partial charge in [-0.3, -0.25) is 4.79 Å². The third-order valence-corrected chi connectivity index (χ3v) is 1.36. The van der Waals surface area contributed by atoms with Crippen molar-refractivity contribution in [2.24, 2.45) is 5.73 Å². The molecule has 0 atom stereocenters. The first-order valence-corrected chi connectivity index (χ1v) is 2.71. The average molecular weight is 151 g/mol. The van der Waals surface area contributed by atoms with Gasteiger partial charge in [-0.2, -0.15) is 0 Å². The first kappa shape index (κ1) is 8.72. The van der Waals surface area contributed by atoms with Crippen molar-refractivity contribution in [3.05, 3.63) is 0 Å². The summed E-state index contributed by atoms with van der Waals surface area (Å²) in [5, 5.41) is 0. The van der Waals surface area contributed by atoms with Crippen LogP contribution in [-0.4, -0.2) is 29.9 Å². The van der Waals surface area contributed by atoms with Gasteiger partial charge in [-0.05, 0) is 0 Å². The van der Waals surface area contributed by atoms with Gasteiger partial charge in [-0.25, -0.2) is 0 Å². The van der Waals surface area contributed by atoms with Crippen molar-refractivity contribution < 1.29 is 4.79 Å². The third-order valence-electron chi connectivity index (χ3n) is 1.36. The minimum Gasteiger partial charge on any atom is -0.340 e. The summed E-state index contributed by atoms with van der Waals surface area (Å²) in [7, 11) is 0. The topological polar surface area (TPSA) is 46.3 Å². The van der Waals surface area contributed by atoms with Crippen LogP contribution < -0.4 is 5.73 Å².